The number of halogens is 2. The fourth-order valence-electron chi connectivity index (χ4n) is 1.71. The average Bonchev–Trinajstić information content (AvgIpc) is 3.08. The van der Waals surface area contributed by atoms with Gasteiger partial charge in [-0.05, 0) is 37.9 Å². The van der Waals surface area contributed by atoms with Crippen molar-refractivity contribution in [1.29, 1.82) is 0 Å². The Bertz CT molecular complexity index is 366. The summed E-state index contributed by atoms with van der Waals surface area (Å²) in [6.45, 7) is 0.680. The normalized spacial score (nSPS) is 17.2. The maximum absolute atomic E-state index is 5.91. The first kappa shape index (κ1) is 12.0. The lowest BCUT2D eigenvalue weighted by atomic mass is 10.2. The van der Waals surface area contributed by atoms with E-state index < -0.39 is 0 Å². The monoisotopic (exact) mass is 259 g/mol. The average molecular weight is 260 g/mol. The standard InChI is InChI=1S/C12H15Cl2NO/c1-15-12(8-2-3-8)7-16-9-4-5-10(13)11(14)6-9/h4-6,8,12,15H,2-3,7H2,1H3/t12-/m1/s1. The minimum Gasteiger partial charge on any atom is -0.492 e. The van der Waals surface area contributed by atoms with Crippen molar-refractivity contribution in [3.8, 4) is 5.75 Å². The van der Waals surface area contributed by atoms with Crippen molar-refractivity contribution >= 4 is 23.2 Å². The molecule has 1 aliphatic rings. The fourth-order valence-corrected chi connectivity index (χ4v) is 1.99. The molecule has 0 spiro atoms. The van der Waals surface area contributed by atoms with E-state index in [-0.39, 0.29) is 0 Å². The van der Waals surface area contributed by atoms with E-state index in [1.807, 2.05) is 13.1 Å². The van der Waals surface area contributed by atoms with Gasteiger partial charge in [0.05, 0.1) is 10.0 Å². The quantitative estimate of drug-likeness (QED) is 0.876. The van der Waals surface area contributed by atoms with Crippen molar-refractivity contribution in [3.63, 3.8) is 0 Å². The maximum Gasteiger partial charge on any atom is 0.120 e. The Morgan fingerprint density at radius 3 is 2.69 bits per heavy atom. The lowest BCUT2D eigenvalue weighted by molar-refractivity contribution is 0.256. The lowest BCUT2D eigenvalue weighted by Crippen LogP contribution is -2.33. The molecule has 1 aromatic rings. The number of hydrogen-bond donors (Lipinski definition) is 1. The van der Waals surface area contributed by atoms with Gasteiger partial charge in [0, 0.05) is 12.1 Å². The Labute approximate surface area is 106 Å². The zero-order chi connectivity index (χ0) is 11.5. The van der Waals surface area contributed by atoms with Crippen LogP contribution < -0.4 is 10.1 Å². The first-order valence-corrected chi connectivity index (χ1v) is 6.21. The number of ether oxygens (including phenoxy) is 1. The van der Waals surface area contributed by atoms with Gasteiger partial charge in [0.2, 0.25) is 0 Å². The van der Waals surface area contributed by atoms with E-state index >= 15 is 0 Å². The van der Waals surface area contributed by atoms with Crippen LogP contribution in [0.2, 0.25) is 10.0 Å². The molecule has 0 aliphatic heterocycles. The molecule has 1 saturated carbocycles. The summed E-state index contributed by atoms with van der Waals surface area (Å²) in [6, 6.07) is 5.79. The molecule has 1 N–H and O–H groups in total. The maximum atomic E-state index is 5.91. The minimum absolute atomic E-state index is 0.439. The SMILES string of the molecule is CN[C@H](COc1ccc(Cl)c(Cl)c1)C1CC1. The highest BCUT2D eigenvalue weighted by atomic mass is 35.5. The molecule has 2 nitrogen and oxygen atoms in total. The first-order chi connectivity index (χ1) is 7.70. The second kappa shape index (κ2) is 5.26. The number of likely N-dealkylation sites (N-methyl/N-ethyl adjacent to an activating group) is 1. The molecule has 2 rings (SSSR count). The van der Waals surface area contributed by atoms with Gasteiger partial charge in [-0.15, -0.1) is 0 Å². The summed E-state index contributed by atoms with van der Waals surface area (Å²) in [5.41, 5.74) is 0. The van der Waals surface area contributed by atoms with Gasteiger partial charge in [0.1, 0.15) is 12.4 Å². The van der Waals surface area contributed by atoms with Gasteiger partial charge in [-0.1, -0.05) is 23.2 Å². The van der Waals surface area contributed by atoms with Crippen LogP contribution in [0.4, 0.5) is 0 Å². The van der Waals surface area contributed by atoms with Crippen LogP contribution >= 0.6 is 23.2 Å². The van der Waals surface area contributed by atoms with E-state index in [0.717, 1.165) is 11.7 Å². The summed E-state index contributed by atoms with van der Waals surface area (Å²) in [5.74, 6) is 1.54. The topological polar surface area (TPSA) is 21.3 Å². The number of rotatable bonds is 5. The van der Waals surface area contributed by atoms with Crippen LogP contribution in [0.25, 0.3) is 0 Å². The van der Waals surface area contributed by atoms with Crippen LogP contribution in [0.1, 0.15) is 12.8 Å². The highest BCUT2D eigenvalue weighted by molar-refractivity contribution is 6.42. The molecule has 0 saturated heterocycles. The molecule has 1 atom stereocenters. The summed E-state index contributed by atoms with van der Waals surface area (Å²) in [4.78, 5) is 0. The van der Waals surface area contributed by atoms with Crippen molar-refractivity contribution in [1.82, 2.24) is 5.32 Å². The van der Waals surface area contributed by atoms with Crippen LogP contribution in [-0.4, -0.2) is 19.7 Å². The Hall–Kier alpha value is -0.440. The second-order valence-electron chi connectivity index (χ2n) is 4.12. The Kier molecular flexibility index (Phi) is 3.95. The molecule has 1 aliphatic carbocycles. The summed E-state index contributed by atoms with van der Waals surface area (Å²) >= 11 is 11.7. The van der Waals surface area contributed by atoms with Crippen molar-refractivity contribution in [2.45, 2.75) is 18.9 Å². The molecule has 88 valence electrons. The van der Waals surface area contributed by atoms with Crippen molar-refractivity contribution in [2.75, 3.05) is 13.7 Å². The van der Waals surface area contributed by atoms with Gasteiger partial charge in [0.25, 0.3) is 0 Å². The second-order valence-corrected chi connectivity index (χ2v) is 4.93. The highest BCUT2D eigenvalue weighted by Gasteiger charge is 2.30. The van der Waals surface area contributed by atoms with Crippen LogP contribution in [0, 0.1) is 5.92 Å². The van der Waals surface area contributed by atoms with E-state index in [0.29, 0.717) is 22.7 Å². The van der Waals surface area contributed by atoms with Crippen molar-refractivity contribution in [2.24, 2.45) is 5.92 Å². The molecular formula is C12H15Cl2NO. The predicted octanol–water partition coefficient (Wildman–Crippen LogP) is 3.37. The summed E-state index contributed by atoms with van der Waals surface area (Å²) in [5, 5.41) is 4.37. The van der Waals surface area contributed by atoms with Gasteiger partial charge in [-0.25, -0.2) is 0 Å². The van der Waals surface area contributed by atoms with Crippen molar-refractivity contribution in [3.05, 3.63) is 28.2 Å². The summed E-state index contributed by atoms with van der Waals surface area (Å²) in [6.07, 6.45) is 2.60. The largest absolute Gasteiger partial charge is 0.492 e. The van der Waals surface area contributed by atoms with E-state index in [2.05, 4.69) is 5.32 Å². The Morgan fingerprint density at radius 2 is 2.12 bits per heavy atom. The molecule has 0 aromatic heterocycles. The highest BCUT2D eigenvalue weighted by Crippen LogP contribution is 2.33. The molecule has 16 heavy (non-hydrogen) atoms. The lowest BCUT2D eigenvalue weighted by Gasteiger charge is -2.16. The molecule has 0 heterocycles. The first-order valence-electron chi connectivity index (χ1n) is 5.46. The Morgan fingerprint density at radius 1 is 1.38 bits per heavy atom. The van der Waals surface area contributed by atoms with Gasteiger partial charge in [-0.2, -0.15) is 0 Å². The number of hydrogen-bond acceptors (Lipinski definition) is 2. The fraction of sp³-hybridized carbons (Fsp3) is 0.500. The van der Waals surface area contributed by atoms with E-state index in [1.54, 1.807) is 12.1 Å². The summed E-state index contributed by atoms with van der Waals surface area (Å²) < 4.78 is 5.69. The van der Waals surface area contributed by atoms with Crippen LogP contribution in [0.3, 0.4) is 0 Å². The molecule has 0 amide bonds. The van der Waals surface area contributed by atoms with Gasteiger partial charge in [0.15, 0.2) is 0 Å². The molecule has 0 unspecified atom stereocenters. The third kappa shape index (κ3) is 3.03. The van der Waals surface area contributed by atoms with E-state index in [4.69, 9.17) is 27.9 Å². The smallest absolute Gasteiger partial charge is 0.120 e. The van der Waals surface area contributed by atoms with Gasteiger partial charge in [-0.3, -0.25) is 0 Å². The van der Waals surface area contributed by atoms with Crippen LogP contribution in [0.5, 0.6) is 5.75 Å². The summed E-state index contributed by atoms with van der Waals surface area (Å²) in [7, 11) is 1.97. The molecule has 0 radical (unpaired) electrons. The molecular weight excluding hydrogens is 245 g/mol. The number of benzene rings is 1. The van der Waals surface area contributed by atoms with Crippen LogP contribution in [0.15, 0.2) is 18.2 Å². The van der Waals surface area contributed by atoms with Gasteiger partial charge < -0.3 is 10.1 Å². The zero-order valence-electron chi connectivity index (χ0n) is 9.17. The Balaban J connectivity index is 1.90. The van der Waals surface area contributed by atoms with Gasteiger partial charge >= 0.3 is 0 Å². The third-order valence-corrected chi connectivity index (χ3v) is 3.62. The third-order valence-electron chi connectivity index (χ3n) is 2.88. The number of nitrogens with one attached hydrogen (secondary N) is 1. The molecule has 0 bridgehead atoms. The van der Waals surface area contributed by atoms with Crippen LogP contribution in [-0.2, 0) is 0 Å². The predicted molar refractivity (Wildman–Crippen MR) is 67.5 cm³/mol. The van der Waals surface area contributed by atoms with Crippen molar-refractivity contribution < 1.29 is 4.74 Å². The zero-order valence-corrected chi connectivity index (χ0v) is 10.7. The van der Waals surface area contributed by atoms with E-state index in [1.165, 1.54) is 12.8 Å². The molecule has 4 heteroatoms. The molecule has 1 aromatic carbocycles. The minimum atomic E-state index is 0.439. The molecule has 1 fully saturated rings. The van der Waals surface area contributed by atoms with E-state index in [9.17, 15) is 0 Å².